The van der Waals surface area contributed by atoms with Gasteiger partial charge in [0.15, 0.2) is 0 Å². The first-order valence-corrected chi connectivity index (χ1v) is 22.7. The van der Waals surface area contributed by atoms with Crippen LogP contribution in [0, 0.1) is 0 Å². The van der Waals surface area contributed by atoms with Gasteiger partial charge in [-0.2, -0.15) is 0 Å². The van der Waals surface area contributed by atoms with E-state index in [1.54, 1.807) is 6.08 Å². The maximum absolute atomic E-state index is 12.7. The Labute approximate surface area is 330 Å². The summed E-state index contributed by atoms with van der Waals surface area (Å²) in [6, 6.07) is -0.888. The summed E-state index contributed by atoms with van der Waals surface area (Å²) in [7, 11) is -4.35. The summed E-state index contributed by atoms with van der Waals surface area (Å²) in [6.07, 6.45) is 53.4. The van der Waals surface area contributed by atoms with Crippen LogP contribution in [-0.4, -0.2) is 47.8 Å². The van der Waals surface area contributed by atoms with E-state index in [1.807, 2.05) is 6.08 Å². The largest absolute Gasteiger partial charge is 0.472 e. The van der Waals surface area contributed by atoms with Crippen molar-refractivity contribution in [2.75, 3.05) is 19.8 Å². The number of phosphoric ester groups is 1. The van der Waals surface area contributed by atoms with Gasteiger partial charge in [-0.25, -0.2) is 4.57 Å². The fraction of sp³-hybridized carbons (Fsp3) is 0.667. The van der Waals surface area contributed by atoms with Crippen molar-refractivity contribution in [2.24, 2.45) is 5.73 Å². The van der Waals surface area contributed by atoms with Crippen LogP contribution in [0.3, 0.4) is 0 Å². The average Bonchev–Trinajstić information content (AvgIpc) is 3.16. The second kappa shape index (κ2) is 40.3. The average molecular weight is 775 g/mol. The highest BCUT2D eigenvalue weighted by molar-refractivity contribution is 7.47. The van der Waals surface area contributed by atoms with Gasteiger partial charge in [0.05, 0.1) is 25.4 Å². The summed E-state index contributed by atoms with van der Waals surface area (Å²) in [5.74, 6) is -0.240. The summed E-state index contributed by atoms with van der Waals surface area (Å²) in [6.45, 7) is 3.96. The fourth-order valence-corrected chi connectivity index (χ4v) is 6.30. The van der Waals surface area contributed by atoms with E-state index >= 15 is 0 Å². The lowest BCUT2D eigenvalue weighted by Gasteiger charge is -2.23. The molecular weight excluding hydrogens is 695 g/mol. The maximum atomic E-state index is 12.7. The Kier molecular flexibility index (Phi) is 38.6. The molecule has 0 aliphatic heterocycles. The minimum absolute atomic E-state index is 0.0666. The minimum atomic E-state index is -4.35. The number of aliphatic hydroxyl groups is 1. The predicted octanol–water partition coefficient (Wildman–Crippen LogP) is 11.8. The topological polar surface area (TPSA) is 131 Å². The van der Waals surface area contributed by atoms with E-state index < -0.39 is 20.0 Å². The van der Waals surface area contributed by atoms with E-state index in [9.17, 15) is 19.4 Å². The van der Waals surface area contributed by atoms with E-state index in [4.69, 9.17) is 14.8 Å². The lowest BCUT2D eigenvalue weighted by Crippen LogP contribution is -2.45. The molecule has 0 fully saturated rings. The van der Waals surface area contributed by atoms with Gasteiger partial charge < -0.3 is 21.1 Å². The van der Waals surface area contributed by atoms with Crippen molar-refractivity contribution in [1.82, 2.24) is 5.32 Å². The quantitative estimate of drug-likeness (QED) is 0.0279. The fourth-order valence-electron chi connectivity index (χ4n) is 5.54. The molecule has 0 radical (unpaired) electrons. The molecule has 3 atom stereocenters. The Morgan fingerprint density at radius 1 is 0.630 bits per heavy atom. The van der Waals surface area contributed by atoms with Crippen LogP contribution < -0.4 is 11.1 Å². The zero-order valence-electron chi connectivity index (χ0n) is 34.2. The summed E-state index contributed by atoms with van der Waals surface area (Å²) >= 11 is 0. The maximum Gasteiger partial charge on any atom is 0.472 e. The molecule has 0 saturated carbocycles. The summed E-state index contributed by atoms with van der Waals surface area (Å²) in [4.78, 5) is 22.7. The molecule has 9 heteroatoms. The number of carbonyl (C=O) groups is 1. The number of aliphatic hydroxyl groups excluding tert-OH is 1. The van der Waals surface area contributed by atoms with Crippen LogP contribution >= 0.6 is 7.82 Å². The standard InChI is InChI=1S/C45H79N2O6P/c1-3-5-7-9-11-13-15-17-19-20-21-22-23-24-25-27-29-31-33-35-37-39-45(49)47-43(42-53-54(50,51)52-41-40-46)44(48)38-36-34-32-30-28-26-18-16-14-12-10-8-6-4-2/h5,7,11,13,17,19,21-22,24-25,29,31,36,38,43-44,48H,3-4,6,8-10,12,14-16,18,20,23,26-28,30,32-35,37,39-42,46H2,1-2H3,(H,47,49)(H,50,51)/b7-5-,13-11-,19-17-,22-21-,25-24-,31-29-,38-36+. The van der Waals surface area contributed by atoms with Gasteiger partial charge in [0.25, 0.3) is 0 Å². The zero-order valence-corrected chi connectivity index (χ0v) is 35.1. The first kappa shape index (κ1) is 51.7. The molecule has 0 aliphatic rings. The Bertz CT molecular complexity index is 1110. The molecule has 0 spiro atoms. The van der Waals surface area contributed by atoms with E-state index in [2.05, 4.69) is 92.1 Å². The monoisotopic (exact) mass is 775 g/mol. The second-order valence-corrected chi connectivity index (χ2v) is 15.3. The smallest absolute Gasteiger partial charge is 0.387 e. The number of carbonyl (C=O) groups excluding carboxylic acids is 1. The normalized spacial score (nSPS) is 15.0. The van der Waals surface area contributed by atoms with E-state index in [0.29, 0.717) is 6.42 Å². The van der Waals surface area contributed by atoms with Gasteiger partial charge >= 0.3 is 7.82 Å². The molecule has 3 unspecified atom stereocenters. The molecule has 310 valence electrons. The highest BCUT2D eigenvalue weighted by atomic mass is 31.2. The van der Waals surface area contributed by atoms with Gasteiger partial charge in [0, 0.05) is 13.0 Å². The number of allylic oxidation sites excluding steroid dienone is 13. The summed E-state index contributed by atoms with van der Waals surface area (Å²) in [5, 5.41) is 13.6. The lowest BCUT2D eigenvalue weighted by atomic mass is 10.0. The number of nitrogens with one attached hydrogen (secondary N) is 1. The molecule has 5 N–H and O–H groups in total. The van der Waals surface area contributed by atoms with E-state index in [0.717, 1.165) is 70.6 Å². The van der Waals surface area contributed by atoms with E-state index in [1.165, 1.54) is 64.2 Å². The highest BCUT2D eigenvalue weighted by Crippen LogP contribution is 2.43. The molecule has 0 aromatic heterocycles. The van der Waals surface area contributed by atoms with Crippen LogP contribution in [0.25, 0.3) is 0 Å². The van der Waals surface area contributed by atoms with Crippen LogP contribution in [-0.2, 0) is 18.4 Å². The third kappa shape index (κ3) is 38.0. The van der Waals surface area contributed by atoms with Gasteiger partial charge in [-0.05, 0) is 70.6 Å². The number of phosphoric acid groups is 1. The number of nitrogens with two attached hydrogens (primary N) is 1. The third-order valence-corrected chi connectivity index (χ3v) is 9.71. The lowest BCUT2D eigenvalue weighted by molar-refractivity contribution is -0.123. The second-order valence-electron chi connectivity index (χ2n) is 13.8. The van der Waals surface area contributed by atoms with Crippen LogP contribution in [0.1, 0.15) is 162 Å². The Hall–Kier alpha value is -2.32. The molecule has 0 bridgehead atoms. The highest BCUT2D eigenvalue weighted by Gasteiger charge is 2.26. The van der Waals surface area contributed by atoms with Crippen molar-refractivity contribution in [3.63, 3.8) is 0 Å². The van der Waals surface area contributed by atoms with Crippen molar-refractivity contribution in [2.45, 2.75) is 174 Å². The van der Waals surface area contributed by atoms with Crippen LogP contribution in [0.15, 0.2) is 85.1 Å². The number of hydrogen-bond donors (Lipinski definition) is 4. The molecule has 54 heavy (non-hydrogen) atoms. The Morgan fingerprint density at radius 3 is 1.57 bits per heavy atom. The molecule has 0 rings (SSSR count). The van der Waals surface area contributed by atoms with Gasteiger partial charge in [-0.3, -0.25) is 13.8 Å². The Balaban J connectivity index is 4.35. The van der Waals surface area contributed by atoms with Crippen molar-refractivity contribution in [3.8, 4) is 0 Å². The first-order chi connectivity index (χ1) is 26.4. The van der Waals surface area contributed by atoms with Crippen molar-refractivity contribution < 1.29 is 28.4 Å². The number of rotatable bonds is 38. The van der Waals surface area contributed by atoms with Gasteiger partial charge in [-0.1, -0.05) is 170 Å². The third-order valence-electron chi connectivity index (χ3n) is 8.73. The van der Waals surface area contributed by atoms with Crippen molar-refractivity contribution in [3.05, 3.63) is 85.1 Å². The van der Waals surface area contributed by atoms with E-state index in [-0.39, 0.29) is 32.1 Å². The van der Waals surface area contributed by atoms with Crippen LogP contribution in [0.2, 0.25) is 0 Å². The zero-order chi connectivity index (χ0) is 39.6. The van der Waals surface area contributed by atoms with Gasteiger partial charge in [0.2, 0.25) is 5.91 Å². The van der Waals surface area contributed by atoms with Gasteiger partial charge in [0.1, 0.15) is 0 Å². The van der Waals surface area contributed by atoms with Crippen molar-refractivity contribution in [1.29, 1.82) is 0 Å². The predicted molar refractivity (Wildman–Crippen MR) is 230 cm³/mol. The summed E-state index contributed by atoms with van der Waals surface area (Å²) < 4.78 is 22.1. The molecular formula is C45H79N2O6P. The molecule has 8 nitrogen and oxygen atoms in total. The number of hydrogen-bond acceptors (Lipinski definition) is 6. The first-order valence-electron chi connectivity index (χ1n) is 21.2. The molecule has 0 aliphatic carbocycles. The Morgan fingerprint density at radius 2 is 1.07 bits per heavy atom. The van der Waals surface area contributed by atoms with Crippen LogP contribution in [0.4, 0.5) is 0 Å². The van der Waals surface area contributed by atoms with Crippen LogP contribution in [0.5, 0.6) is 0 Å². The minimum Gasteiger partial charge on any atom is -0.387 e. The number of amides is 1. The van der Waals surface area contributed by atoms with Crippen molar-refractivity contribution >= 4 is 13.7 Å². The molecule has 0 saturated heterocycles. The molecule has 0 aromatic rings. The SMILES string of the molecule is CC/C=C\C/C=C\C/C=C\C/C=C\C/C=C\C/C=C\CCCCC(=O)NC(COP(=O)(O)OCCN)C(O)/C=C/CCCCCCCCCCCCCC. The summed E-state index contributed by atoms with van der Waals surface area (Å²) in [5.41, 5.74) is 5.36. The number of unbranched alkanes of at least 4 members (excludes halogenated alkanes) is 14. The molecule has 0 heterocycles. The molecule has 0 aromatic carbocycles. The van der Waals surface area contributed by atoms with Gasteiger partial charge in [-0.15, -0.1) is 0 Å². The molecule has 1 amide bonds.